The van der Waals surface area contributed by atoms with Crippen LogP contribution in [0.3, 0.4) is 0 Å². The zero-order chi connectivity index (χ0) is 31.4. The van der Waals surface area contributed by atoms with Crippen LogP contribution in [0.4, 0.5) is 39.5 Å². The van der Waals surface area contributed by atoms with E-state index in [0.717, 1.165) is 44.6 Å². The highest BCUT2D eigenvalue weighted by molar-refractivity contribution is 5.81. The summed E-state index contributed by atoms with van der Waals surface area (Å²) in [5.41, 5.74) is 1.33. The minimum absolute atomic E-state index is 0.0854. The maximum absolute atomic E-state index is 13.7. The summed E-state index contributed by atoms with van der Waals surface area (Å²) in [5, 5.41) is 0. The molecule has 0 radical (unpaired) electrons. The molecule has 0 amide bonds. The van der Waals surface area contributed by atoms with Crippen molar-refractivity contribution in [2.45, 2.75) is 68.9 Å². The molecule has 0 atom stereocenters. The van der Waals surface area contributed by atoms with E-state index < -0.39 is 42.9 Å². The van der Waals surface area contributed by atoms with Gasteiger partial charge < -0.3 is 14.2 Å². The third-order valence-corrected chi connectivity index (χ3v) is 6.15. The van der Waals surface area contributed by atoms with Crippen LogP contribution in [0.5, 0.6) is 11.5 Å². The summed E-state index contributed by atoms with van der Waals surface area (Å²) in [6.45, 7) is 2.89. The molecule has 0 aliphatic rings. The number of alkyl halides is 9. The molecule has 13 heteroatoms. The van der Waals surface area contributed by atoms with Gasteiger partial charge in [-0.2, -0.15) is 39.5 Å². The van der Waals surface area contributed by atoms with E-state index >= 15 is 0 Å². The first-order valence-electron chi connectivity index (χ1n) is 13.1. The number of esters is 1. The van der Waals surface area contributed by atoms with Gasteiger partial charge in [-0.25, -0.2) is 4.79 Å². The fourth-order valence-corrected chi connectivity index (χ4v) is 3.75. The van der Waals surface area contributed by atoms with Gasteiger partial charge in [-0.15, -0.1) is 0 Å². The predicted molar refractivity (Wildman–Crippen MR) is 137 cm³/mol. The van der Waals surface area contributed by atoms with Crippen molar-refractivity contribution in [1.82, 2.24) is 0 Å². The number of hydrogen-bond acceptors (Lipinski definition) is 4. The van der Waals surface area contributed by atoms with Gasteiger partial charge in [-0.05, 0) is 36.6 Å². The quantitative estimate of drug-likeness (QED) is 0.0728. The third kappa shape index (κ3) is 9.32. The zero-order valence-electron chi connectivity index (χ0n) is 22.5. The molecule has 42 heavy (non-hydrogen) atoms. The van der Waals surface area contributed by atoms with Gasteiger partial charge in [0.1, 0.15) is 11.5 Å². The van der Waals surface area contributed by atoms with Crippen molar-refractivity contribution in [1.29, 1.82) is 0 Å². The summed E-state index contributed by atoms with van der Waals surface area (Å²) in [5.74, 6) is -19.2. The second-order valence-corrected chi connectivity index (χ2v) is 9.31. The van der Waals surface area contributed by atoms with E-state index in [2.05, 4.69) is 6.58 Å². The van der Waals surface area contributed by atoms with Crippen molar-refractivity contribution >= 4 is 5.97 Å². The minimum atomic E-state index is -6.93. The molecule has 0 saturated heterocycles. The number of benzene rings is 2. The number of para-hydroxylation sites is 1. The van der Waals surface area contributed by atoms with Gasteiger partial charge >= 0.3 is 29.9 Å². The molecule has 0 bridgehead atoms. The average Bonchev–Trinajstić information content (AvgIpc) is 2.93. The molecule has 4 nitrogen and oxygen atoms in total. The molecule has 234 valence electrons. The van der Waals surface area contributed by atoms with Gasteiger partial charge in [-0.3, -0.25) is 0 Å². The molecule has 0 heterocycles. The van der Waals surface area contributed by atoms with Crippen LogP contribution < -0.4 is 9.47 Å². The normalized spacial score (nSPS) is 12.6. The molecule has 0 unspecified atom stereocenters. The minimum Gasteiger partial charge on any atom is -0.493 e. The molecule has 0 aromatic heterocycles. The van der Waals surface area contributed by atoms with Gasteiger partial charge in [0.2, 0.25) is 0 Å². The Morgan fingerprint density at radius 3 is 1.86 bits per heavy atom. The van der Waals surface area contributed by atoms with Gasteiger partial charge in [0.05, 0.1) is 26.2 Å². The van der Waals surface area contributed by atoms with Crippen molar-refractivity contribution in [2.75, 3.05) is 19.8 Å². The molecule has 0 spiro atoms. The Morgan fingerprint density at radius 1 is 0.690 bits per heavy atom. The third-order valence-electron chi connectivity index (χ3n) is 6.15. The summed E-state index contributed by atoms with van der Waals surface area (Å²) >= 11 is 0. The second-order valence-electron chi connectivity index (χ2n) is 9.31. The highest BCUT2D eigenvalue weighted by atomic mass is 19.4. The molecule has 0 N–H and O–H groups in total. The van der Waals surface area contributed by atoms with E-state index in [4.69, 9.17) is 14.2 Å². The number of halogens is 9. The topological polar surface area (TPSA) is 44.8 Å². The summed E-state index contributed by atoms with van der Waals surface area (Å²) in [6, 6.07) is 12.7. The van der Waals surface area contributed by atoms with Crippen LogP contribution in [0.1, 0.15) is 44.9 Å². The van der Waals surface area contributed by atoms with E-state index in [1.165, 1.54) is 24.3 Å². The maximum Gasteiger partial charge on any atom is 0.460 e. The van der Waals surface area contributed by atoms with E-state index in [1.807, 2.05) is 0 Å². The van der Waals surface area contributed by atoms with E-state index in [0.29, 0.717) is 30.1 Å². The Labute approximate surface area is 237 Å². The molecule has 0 saturated carbocycles. The van der Waals surface area contributed by atoms with Crippen molar-refractivity contribution < 1.29 is 58.5 Å². The molecule has 0 aliphatic carbocycles. The molecule has 0 fully saturated rings. The first kappa shape index (κ1) is 34.8. The lowest BCUT2D eigenvalue weighted by Crippen LogP contribution is -2.61. The standard InChI is InChI=1S/C29H31F9O4/c1-2-25(39)42-19-10-6-4-3-5-9-18-41-24-12-8-7-11-23(24)21-13-15-22(16-14-21)40-20-17-26(30,31)27(32,33)28(34,35)29(36,37)38/h2,7-8,11-16H,1,3-6,9-10,17-20H2. The summed E-state index contributed by atoms with van der Waals surface area (Å²) in [6.07, 6.45) is -2.42. The monoisotopic (exact) mass is 614 g/mol. The number of carbonyl (C=O) groups is 1. The Hall–Kier alpha value is -3.38. The number of rotatable bonds is 18. The smallest absolute Gasteiger partial charge is 0.460 e. The highest BCUT2D eigenvalue weighted by Gasteiger charge is 2.81. The van der Waals surface area contributed by atoms with Crippen molar-refractivity contribution in [3.05, 3.63) is 61.2 Å². The average molecular weight is 615 g/mol. The first-order chi connectivity index (χ1) is 19.6. The molecule has 0 aliphatic heterocycles. The lowest BCUT2D eigenvalue weighted by molar-refractivity contribution is -0.397. The van der Waals surface area contributed by atoms with E-state index in [9.17, 15) is 44.3 Å². The highest BCUT2D eigenvalue weighted by Crippen LogP contribution is 2.54. The fraction of sp³-hybridized carbons (Fsp3) is 0.483. The molecule has 2 aromatic carbocycles. The van der Waals surface area contributed by atoms with Gasteiger partial charge in [0.25, 0.3) is 0 Å². The largest absolute Gasteiger partial charge is 0.493 e. The SMILES string of the molecule is C=CC(=O)OCCCCCCCCOc1ccccc1-c1ccc(OCCC(F)(F)C(F)(F)C(F)(F)C(F)(F)F)cc1. The van der Waals surface area contributed by atoms with E-state index in [1.54, 1.807) is 24.3 Å². The Morgan fingerprint density at radius 2 is 1.26 bits per heavy atom. The van der Waals surface area contributed by atoms with Crippen molar-refractivity contribution in [2.24, 2.45) is 0 Å². The Kier molecular flexibility index (Phi) is 12.6. The first-order valence-corrected chi connectivity index (χ1v) is 13.1. The van der Waals surface area contributed by atoms with Crippen molar-refractivity contribution in [3.8, 4) is 22.6 Å². The van der Waals surface area contributed by atoms with Gasteiger partial charge in [0.15, 0.2) is 0 Å². The molecule has 2 aromatic rings. The lowest BCUT2D eigenvalue weighted by Gasteiger charge is -2.33. The van der Waals surface area contributed by atoms with Gasteiger partial charge in [-0.1, -0.05) is 62.6 Å². The number of carbonyl (C=O) groups excluding carboxylic acids is 1. The van der Waals surface area contributed by atoms with Crippen LogP contribution in [0, 0.1) is 0 Å². The number of unbranched alkanes of at least 4 members (excludes halogenated alkanes) is 5. The lowest BCUT2D eigenvalue weighted by atomic mass is 10.0. The Bertz CT molecular complexity index is 1130. The molecule has 2 rings (SSSR count). The summed E-state index contributed by atoms with van der Waals surface area (Å²) < 4.78 is 133. The summed E-state index contributed by atoms with van der Waals surface area (Å²) in [4.78, 5) is 11.0. The number of hydrogen-bond donors (Lipinski definition) is 0. The van der Waals surface area contributed by atoms with Crippen LogP contribution in [0.2, 0.25) is 0 Å². The van der Waals surface area contributed by atoms with Crippen LogP contribution in [-0.4, -0.2) is 49.7 Å². The second kappa shape index (κ2) is 15.2. The number of ether oxygens (including phenoxy) is 3. The zero-order valence-corrected chi connectivity index (χ0v) is 22.5. The van der Waals surface area contributed by atoms with Crippen LogP contribution in [-0.2, 0) is 9.53 Å². The maximum atomic E-state index is 13.7. The van der Waals surface area contributed by atoms with Crippen LogP contribution in [0.15, 0.2) is 61.2 Å². The van der Waals surface area contributed by atoms with Crippen molar-refractivity contribution in [3.63, 3.8) is 0 Å². The summed E-state index contributed by atoms with van der Waals surface area (Å²) in [7, 11) is 0. The fourth-order valence-electron chi connectivity index (χ4n) is 3.75. The van der Waals surface area contributed by atoms with Crippen LogP contribution in [0.25, 0.3) is 11.1 Å². The molecular weight excluding hydrogens is 583 g/mol. The van der Waals surface area contributed by atoms with Gasteiger partial charge in [0, 0.05) is 11.6 Å². The predicted octanol–water partition coefficient (Wildman–Crippen LogP) is 9.04. The molecular formula is C29H31F9O4. The van der Waals surface area contributed by atoms with Crippen LogP contribution >= 0.6 is 0 Å². The van der Waals surface area contributed by atoms with E-state index in [-0.39, 0.29) is 5.75 Å². The Balaban J connectivity index is 1.83.